The first-order valence-corrected chi connectivity index (χ1v) is 4.55. The van der Waals surface area contributed by atoms with E-state index in [1.165, 1.54) is 4.90 Å². The van der Waals surface area contributed by atoms with E-state index in [-0.39, 0.29) is 35.1 Å². The average Bonchev–Trinajstić information content (AvgIpc) is 2.71. The lowest BCUT2D eigenvalue weighted by atomic mass is 10.1. The van der Waals surface area contributed by atoms with Gasteiger partial charge < -0.3 is 15.0 Å². The van der Waals surface area contributed by atoms with Gasteiger partial charge >= 0.3 is 0 Å². The molecule has 0 unspecified atom stereocenters. The molecule has 0 saturated carbocycles. The number of H-pyrrole nitrogens is 1. The zero-order valence-electron chi connectivity index (χ0n) is 14.6. The van der Waals surface area contributed by atoms with Crippen molar-refractivity contribution in [2.75, 3.05) is 20.6 Å². The molecule has 1 heterocycles. The molecule has 0 spiro atoms. The minimum absolute atomic E-state index is 0.0803. The summed E-state index contributed by atoms with van der Waals surface area (Å²) in [5.41, 5.74) is 0.284. The van der Waals surface area contributed by atoms with Crippen molar-refractivity contribution in [2.24, 2.45) is 0 Å². The maximum absolute atomic E-state index is 10.1. The number of aromatic hydroxyl groups is 1. The molecule has 0 amide bonds. The molecule has 0 aliphatic heterocycles. The number of fused-ring (bicyclic) bond motifs is 1. The Kier molecular flexibility index (Phi) is 1.32. The Morgan fingerprint density at radius 3 is 3.07 bits per heavy atom. The number of rotatable bonds is 3. The monoisotopic (exact) mass is 210 g/mol. The molecule has 0 atom stereocenters. The molecule has 0 radical (unpaired) electrons. The molecule has 2 N–H and O–H groups in total. The van der Waals surface area contributed by atoms with Crippen LogP contribution in [0.3, 0.4) is 0 Å². The van der Waals surface area contributed by atoms with Crippen LogP contribution in [0.15, 0.2) is 24.3 Å². The Morgan fingerprint density at radius 1 is 1.53 bits per heavy atom. The second-order valence-corrected chi connectivity index (χ2v) is 3.43. The van der Waals surface area contributed by atoms with Gasteiger partial charge in [0.1, 0.15) is 5.75 Å². The summed E-state index contributed by atoms with van der Waals surface area (Å²) in [7, 11) is 3.12. The highest BCUT2D eigenvalue weighted by Crippen LogP contribution is 2.27. The number of aryl methyl sites for hydroxylation is 1. The number of aromatic nitrogens is 1. The molecule has 1 aromatic heterocycles. The first kappa shape index (κ1) is 5.03. The summed E-state index contributed by atoms with van der Waals surface area (Å²) in [6.07, 6.45) is -0.299. The van der Waals surface area contributed by atoms with Crippen LogP contribution in [0.5, 0.6) is 5.75 Å². The summed E-state index contributed by atoms with van der Waals surface area (Å²) in [4.78, 5) is 3.95. The largest absolute Gasteiger partial charge is 0.507 e. The standard InChI is InChI=1S/C12H16N2O/c1-14(2)7-6-9-8-13-10-4-3-5-11(15)12(9)10/h3-5,8,13,15H,6-7H2,1-2H3/i3D,4D,5D,7D2,8D. The fourth-order valence-electron chi connectivity index (χ4n) is 1.35. The normalized spacial score (nSPS) is 18.1. The van der Waals surface area contributed by atoms with Gasteiger partial charge in [0.2, 0.25) is 0 Å². The van der Waals surface area contributed by atoms with Crippen molar-refractivity contribution in [3.8, 4) is 5.75 Å². The predicted octanol–water partition coefficient (Wildman–Crippen LogP) is 1.98. The van der Waals surface area contributed by atoms with Gasteiger partial charge in [-0.25, -0.2) is 0 Å². The van der Waals surface area contributed by atoms with E-state index in [1.54, 1.807) is 14.1 Å². The quantitative estimate of drug-likeness (QED) is 0.813. The van der Waals surface area contributed by atoms with Crippen molar-refractivity contribution >= 4 is 10.9 Å². The van der Waals surface area contributed by atoms with Crippen molar-refractivity contribution in [1.82, 2.24) is 9.88 Å². The van der Waals surface area contributed by atoms with Crippen LogP contribution in [0.25, 0.3) is 10.9 Å². The topological polar surface area (TPSA) is 39.3 Å². The Balaban J connectivity index is 2.74. The highest BCUT2D eigenvalue weighted by Gasteiger charge is 2.07. The summed E-state index contributed by atoms with van der Waals surface area (Å²) in [5.74, 6) is -0.495. The lowest BCUT2D eigenvalue weighted by Gasteiger charge is -2.08. The van der Waals surface area contributed by atoms with Crippen LogP contribution < -0.4 is 0 Å². The molecule has 2 rings (SSSR count). The van der Waals surface area contributed by atoms with Crippen LogP contribution in [0.4, 0.5) is 0 Å². The molecule has 0 fully saturated rings. The van der Waals surface area contributed by atoms with Gasteiger partial charge in [0.25, 0.3) is 0 Å². The van der Waals surface area contributed by atoms with Crippen LogP contribution in [-0.2, 0) is 6.42 Å². The number of hydrogen-bond donors (Lipinski definition) is 2. The summed E-state index contributed by atoms with van der Waals surface area (Å²) < 4.78 is 46.8. The van der Waals surface area contributed by atoms with E-state index in [2.05, 4.69) is 4.98 Å². The Hall–Kier alpha value is -1.48. The third-order valence-electron chi connectivity index (χ3n) is 2.07. The molecule has 2 aromatic rings. The van der Waals surface area contributed by atoms with Gasteiger partial charge in [-0.3, -0.25) is 0 Å². The Labute approximate surface area is 97.8 Å². The summed E-state index contributed by atoms with van der Waals surface area (Å²) >= 11 is 0. The maximum Gasteiger partial charge on any atom is 0.125 e. The summed E-state index contributed by atoms with van der Waals surface area (Å²) in [6.45, 7) is -1.75. The van der Waals surface area contributed by atoms with Crippen LogP contribution in [0.1, 0.15) is 13.8 Å². The minimum Gasteiger partial charge on any atom is -0.507 e. The van der Waals surface area contributed by atoms with Crippen LogP contribution >= 0.6 is 0 Å². The molecule has 80 valence electrons. The third-order valence-corrected chi connectivity index (χ3v) is 2.07. The second-order valence-electron chi connectivity index (χ2n) is 3.43. The average molecular weight is 210 g/mol. The van der Waals surface area contributed by atoms with Crippen molar-refractivity contribution in [2.45, 2.75) is 6.42 Å². The van der Waals surface area contributed by atoms with Gasteiger partial charge in [0.05, 0.1) is 5.48 Å². The number of phenolic OH excluding ortho intramolecular Hbond substituents is 1. The smallest absolute Gasteiger partial charge is 0.125 e. The third kappa shape index (κ3) is 1.97. The second kappa shape index (κ2) is 3.95. The van der Waals surface area contributed by atoms with E-state index in [0.717, 1.165) is 0 Å². The van der Waals surface area contributed by atoms with E-state index in [1.807, 2.05) is 0 Å². The Morgan fingerprint density at radius 2 is 2.33 bits per heavy atom. The number of phenols is 1. The number of likely N-dealkylation sites (N-methyl/N-ethyl adjacent to an activating group) is 1. The number of benzene rings is 1. The molecule has 0 aliphatic rings. The van der Waals surface area contributed by atoms with Gasteiger partial charge in [-0.05, 0) is 38.2 Å². The molecule has 0 aliphatic carbocycles. The van der Waals surface area contributed by atoms with Crippen molar-refractivity contribution in [3.05, 3.63) is 29.9 Å². The van der Waals surface area contributed by atoms with Crippen LogP contribution in [0, 0.1) is 0 Å². The first-order chi connectivity index (χ1) is 9.58. The van der Waals surface area contributed by atoms with Gasteiger partial charge in [0.15, 0.2) is 0 Å². The van der Waals surface area contributed by atoms with Gasteiger partial charge in [-0.1, -0.05) is 6.04 Å². The molecule has 3 nitrogen and oxygen atoms in total. The minimum atomic E-state index is -1.75. The fourth-order valence-corrected chi connectivity index (χ4v) is 1.35. The lowest BCUT2D eigenvalue weighted by molar-refractivity contribution is 0.414. The van der Waals surface area contributed by atoms with E-state index >= 15 is 0 Å². The molecular formula is C12H16N2O. The van der Waals surface area contributed by atoms with Crippen molar-refractivity contribution < 1.29 is 13.3 Å². The highest BCUT2D eigenvalue weighted by molar-refractivity contribution is 5.88. The van der Waals surface area contributed by atoms with Crippen LogP contribution in [-0.4, -0.2) is 35.6 Å². The van der Waals surface area contributed by atoms with E-state index in [0.29, 0.717) is 0 Å². The summed E-state index contributed by atoms with van der Waals surface area (Å²) in [5, 5.41) is 10.1. The SMILES string of the molecule is [2H]c1[nH]c2c([2H])c([2H])c([2H])c(O)c2c1CC([2H])([2H])N(C)C. The Bertz CT molecular complexity index is 710. The van der Waals surface area contributed by atoms with Gasteiger partial charge in [0, 0.05) is 26.3 Å². The number of aromatic amines is 1. The number of nitrogens with one attached hydrogen (secondary N) is 1. The molecule has 1 aromatic carbocycles. The van der Waals surface area contributed by atoms with E-state index < -0.39 is 24.3 Å². The van der Waals surface area contributed by atoms with Crippen molar-refractivity contribution in [3.63, 3.8) is 0 Å². The molecule has 3 heteroatoms. The van der Waals surface area contributed by atoms with Gasteiger partial charge in [-0.15, -0.1) is 0 Å². The van der Waals surface area contributed by atoms with Gasteiger partial charge in [-0.2, -0.15) is 0 Å². The highest BCUT2D eigenvalue weighted by atomic mass is 16.3. The molecular weight excluding hydrogens is 188 g/mol. The van der Waals surface area contributed by atoms with Crippen molar-refractivity contribution in [1.29, 1.82) is 0 Å². The first-order valence-electron chi connectivity index (χ1n) is 7.55. The zero-order valence-corrected chi connectivity index (χ0v) is 8.60. The number of nitrogens with zero attached hydrogens (tertiary/aromatic N) is 1. The van der Waals surface area contributed by atoms with Crippen LogP contribution in [0.2, 0.25) is 0 Å². The molecule has 0 bridgehead atoms. The molecule has 15 heavy (non-hydrogen) atoms. The number of hydrogen-bond acceptors (Lipinski definition) is 2. The fraction of sp³-hybridized carbons (Fsp3) is 0.333. The zero-order chi connectivity index (χ0) is 16.1. The maximum atomic E-state index is 10.1. The van der Waals surface area contributed by atoms with E-state index in [9.17, 15) is 5.11 Å². The molecule has 0 saturated heterocycles. The lowest BCUT2D eigenvalue weighted by Crippen LogP contribution is -2.14. The summed E-state index contributed by atoms with van der Waals surface area (Å²) in [6, 6.07) is -1.19. The van der Waals surface area contributed by atoms with E-state index in [4.69, 9.17) is 8.22 Å². The predicted molar refractivity (Wildman–Crippen MR) is 62.2 cm³/mol.